The van der Waals surface area contributed by atoms with E-state index in [1.54, 1.807) is 34.9 Å². The van der Waals surface area contributed by atoms with Gasteiger partial charge in [0.25, 0.3) is 17.5 Å². The van der Waals surface area contributed by atoms with Crippen LogP contribution in [0.5, 0.6) is 11.5 Å². The van der Waals surface area contributed by atoms with E-state index in [0.717, 1.165) is 0 Å². The minimum atomic E-state index is -5.29. The number of hydrogen-bond donors (Lipinski definition) is 2. The molecule has 0 unspecified atom stereocenters. The van der Waals surface area contributed by atoms with E-state index in [1.165, 1.54) is 38.5 Å². The van der Waals surface area contributed by atoms with Crippen molar-refractivity contribution in [1.82, 2.24) is 15.5 Å². The molecule has 11 heteroatoms. The number of urea groups is 1. The fourth-order valence-electron chi connectivity index (χ4n) is 3.17. The van der Waals surface area contributed by atoms with Gasteiger partial charge in [-0.05, 0) is 42.3 Å². The summed E-state index contributed by atoms with van der Waals surface area (Å²) in [6.45, 7) is -0.316. The lowest BCUT2D eigenvalue weighted by Crippen LogP contribution is -2.69. The zero-order valence-electron chi connectivity index (χ0n) is 17.2. The Bertz CT molecular complexity index is 1030. The molecule has 0 radical (unpaired) electrons. The highest BCUT2D eigenvalue weighted by molar-refractivity contribution is 6.10. The number of hydrogen-bond acceptors (Lipinski definition) is 5. The number of benzene rings is 2. The molecule has 1 aliphatic rings. The van der Waals surface area contributed by atoms with E-state index in [9.17, 15) is 27.6 Å². The molecule has 0 saturated carbocycles. The molecule has 4 amide bonds. The molecule has 0 spiro atoms. The zero-order valence-corrected chi connectivity index (χ0v) is 17.2. The predicted octanol–water partition coefficient (Wildman–Crippen LogP) is 2.49. The Morgan fingerprint density at radius 2 is 1.72 bits per heavy atom. The molecular formula is C21H20F3N3O5. The van der Waals surface area contributed by atoms with E-state index in [-0.39, 0.29) is 24.3 Å². The van der Waals surface area contributed by atoms with Crippen molar-refractivity contribution in [2.75, 3.05) is 20.8 Å². The smallest absolute Gasteiger partial charge is 0.440 e. The third-order valence-electron chi connectivity index (χ3n) is 4.95. The van der Waals surface area contributed by atoms with Crippen LogP contribution in [0.3, 0.4) is 0 Å². The molecule has 0 aliphatic carbocycles. The third-order valence-corrected chi connectivity index (χ3v) is 4.95. The molecule has 3 rings (SSSR count). The standard InChI is InChI=1S/C21H20F3N3O5/c1-31-15-8-6-13(7-9-15)10-11-27-18(29)20(21(22,23)24,26-19(27)30)25-17(28)14-4-3-5-16(12-14)32-2/h3-9,12H,10-11H2,1-2H3,(H,25,28)(H,26,30)/t20-/m0/s1. The van der Waals surface area contributed by atoms with Gasteiger partial charge in [-0.25, -0.2) is 4.79 Å². The summed E-state index contributed by atoms with van der Waals surface area (Å²) in [7, 11) is 2.81. The second-order valence-electron chi connectivity index (χ2n) is 6.92. The normalized spacial score (nSPS) is 18.3. The van der Waals surface area contributed by atoms with Gasteiger partial charge in [-0.3, -0.25) is 19.8 Å². The number of methoxy groups -OCH3 is 2. The van der Waals surface area contributed by atoms with Crippen LogP contribution in [0.1, 0.15) is 15.9 Å². The minimum Gasteiger partial charge on any atom is -0.497 e. The maximum atomic E-state index is 14.0. The molecule has 1 fully saturated rings. The number of nitrogens with one attached hydrogen (secondary N) is 2. The van der Waals surface area contributed by atoms with Crippen LogP contribution in [-0.2, 0) is 11.2 Å². The average molecular weight is 451 g/mol. The number of imide groups is 1. The SMILES string of the molecule is COc1ccc(CCN2C(=O)N[C@](NC(=O)c3cccc(OC)c3)(C(F)(F)F)C2=O)cc1. The summed E-state index contributed by atoms with van der Waals surface area (Å²) >= 11 is 0. The molecule has 1 saturated heterocycles. The highest BCUT2D eigenvalue weighted by atomic mass is 19.4. The molecule has 1 atom stereocenters. The largest absolute Gasteiger partial charge is 0.497 e. The van der Waals surface area contributed by atoms with Crippen LogP contribution in [0.2, 0.25) is 0 Å². The van der Waals surface area contributed by atoms with Crippen molar-refractivity contribution in [3.8, 4) is 11.5 Å². The maximum absolute atomic E-state index is 14.0. The van der Waals surface area contributed by atoms with Crippen LogP contribution < -0.4 is 20.1 Å². The topological polar surface area (TPSA) is 97.0 Å². The second-order valence-corrected chi connectivity index (χ2v) is 6.92. The van der Waals surface area contributed by atoms with Crippen LogP contribution in [0.25, 0.3) is 0 Å². The zero-order chi connectivity index (χ0) is 23.5. The van der Waals surface area contributed by atoms with E-state index < -0.39 is 29.7 Å². The van der Waals surface area contributed by atoms with Crippen molar-refractivity contribution in [3.05, 3.63) is 59.7 Å². The first kappa shape index (κ1) is 22.9. The van der Waals surface area contributed by atoms with Gasteiger partial charge in [-0.1, -0.05) is 18.2 Å². The number of amides is 4. The van der Waals surface area contributed by atoms with Crippen molar-refractivity contribution >= 4 is 17.8 Å². The number of carbonyl (C=O) groups is 3. The number of carbonyl (C=O) groups excluding carboxylic acids is 3. The minimum absolute atomic E-state index is 0.112. The van der Waals surface area contributed by atoms with Crippen LogP contribution in [0, 0.1) is 0 Å². The number of alkyl halides is 3. The summed E-state index contributed by atoms with van der Waals surface area (Å²) in [5.74, 6) is -1.99. The first-order valence-electron chi connectivity index (χ1n) is 9.41. The van der Waals surface area contributed by atoms with Gasteiger partial charge in [0.05, 0.1) is 14.2 Å². The molecule has 1 aliphatic heterocycles. The van der Waals surface area contributed by atoms with Crippen molar-refractivity contribution in [2.45, 2.75) is 18.3 Å². The molecule has 170 valence electrons. The summed E-state index contributed by atoms with van der Waals surface area (Å²) in [5.41, 5.74) is -3.08. The van der Waals surface area contributed by atoms with Gasteiger partial charge in [0, 0.05) is 12.1 Å². The first-order chi connectivity index (χ1) is 15.1. The Balaban J connectivity index is 1.81. The summed E-state index contributed by atoms with van der Waals surface area (Å²) < 4.78 is 51.9. The van der Waals surface area contributed by atoms with Crippen LogP contribution in [-0.4, -0.2) is 55.3 Å². The van der Waals surface area contributed by atoms with Crippen LogP contribution >= 0.6 is 0 Å². The van der Waals surface area contributed by atoms with Gasteiger partial charge in [-0.15, -0.1) is 0 Å². The molecule has 32 heavy (non-hydrogen) atoms. The maximum Gasteiger partial charge on any atom is 0.440 e. The fraction of sp³-hybridized carbons (Fsp3) is 0.286. The Morgan fingerprint density at radius 1 is 1.06 bits per heavy atom. The lowest BCUT2D eigenvalue weighted by Gasteiger charge is -2.30. The summed E-state index contributed by atoms with van der Waals surface area (Å²) in [4.78, 5) is 38.0. The summed E-state index contributed by atoms with van der Waals surface area (Å²) in [6.07, 6.45) is -5.18. The molecule has 0 bridgehead atoms. The lowest BCUT2D eigenvalue weighted by atomic mass is 10.1. The van der Waals surface area contributed by atoms with E-state index in [2.05, 4.69) is 0 Å². The Morgan fingerprint density at radius 3 is 2.31 bits per heavy atom. The van der Waals surface area contributed by atoms with E-state index in [0.29, 0.717) is 16.2 Å². The molecule has 2 aromatic carbocycles. The van der Waals surface area contributed by atoms with Crippen LogP contribution in [0.4, 0.5) is 18.0 Å². The van der Waals surface area contributed by atoms with Crippen molar-refractivity contribution < 1.29 is 37.0 Å². The molecule has 2 aromatic rings. The van der Waals surface area contributed by atoms with Crippen LogP contribution in [0.15, 0.2) is 48.5 Å². The van der Waals surface area contributed by atoms with Gasteiger partial charge < -0.3 is 14.8 Å². The summed E-state index contributed by atoms with van der Waals surface area (Å²) in [6, 6.07) is 10.7. The third kappa shape index (κ3) is 4.32. The number of nitrogens with zero attached hydrogens (tertiary/aromatic N) is 1. The number of halogens is 3. The van der Waals surface area contributed by atoms with E-state index in [4.69, 9.17) is 9.47 Å². The van der Waals surface area contributed by atoms with Gasteiger partial charge in [0.15, 0.2) is 0 Å². The van der Waals surface area contributed by atoms with Crippen molar-refractivity contribution in [1.29, 1.82) is 0 Å². The Kier molecular flexibility index (Phi) is 6.28. The highest BCUT2D eigenvalue weighted by Crippen LogP contribution is 2.34. The van der Waals surface area contributed by atoms with Gasteiger partial charge >= 0.3 is 12.2 Å². The predicted molar refractivity (Wildman–Crippen MR) is 106 cm³/mol. The molecular weight excluding hydrogens is 431 g/mol. The average Bonchev–Trinajstić information content (AvgIpc) is 3.02. The Labute approximate surface area is 181 Å². The van der Waals surface area contributed by atoms with E-state index in [1.807, 2.05) is 0 Å². The van der Waals surface area contributed by atoms with Crippen molar-refractivity contribution in [3.63, 3.8) is 0 Å². The number of ether oxygens (including phenoxy) is 2. The van der Waals surface area contributed by atoms with Gasteiger partial charge in [-0.2, -0.15) is 13.2 Å². The molecule has 2 N–H and O–H groups in total. The molecule has 0 aromatic heterocycles. The summed E-state index contributed by atoms with van der Waals surface area (Å²) in [5, 5.41) is 3.28. The Hall–Kier alpha value is -3.76. The molecule has 8 nitrogen and oxygen atoms in total. The molecule has 1 heterocycles. The van der Waals surface area contributed by atoms with E-state index >= 15 is 0 Å². The second kappa shape index (κ2) is 8.77. The fourth-order valence-corrected chi connectivity index (χ4v) is 3.17. The number of rotatable bonds is 7. The van der Waals surface area contributed by atoms with Crippen molar-refractivity contribution in [2.24, 2.45) is 0 Å². The highest BCUT2D eigenvalue weighted by Gasteiger charge is 2.68. The van der Waals surface area contributed by atoms with Gasteiger partial charge in [0.2, 0.25) is 0 Å². The quantitative estimate of drug-likeness (QED) is 0.631. The lowest BCUT2D eigenvalue weighted by molar-refractivity contribution is -0.200. The van der Waals surface area contributed by atoms with Gasteiger partial charge in [0.1, 0.15) is 11.5 Å². The first-order valence-corrected chi connectivity index (χ1v) is 9.41. The monoisotopic (exact) mass is 451 g/mol.